The summed E-state index contributed by atoms with van der Waals surface area (Å²) in [5.74, 6) is -0.886. The number of aromatic nitrogens is 1. The van der Waals surface area contributed by atoms with Gasteiger partial charge in [-0.3, -0.25) is 0 Å². The third-order valence-electron chi connectivity index (χ3n) is 1.61. The molecule has 0 amide bonds. The SMILES string of the molecule is FC(F)c1nc(OC(F)(F)F)cc(CBr)c1I. The van der Waals surface area contributed by atoms with E-state index < -0.39 is 24.4 Å². The third kappa shape index (κ3) is 4.19. The van der Waals surface area contributed by atoms with Gasteiger partial charge < -0.3 is 4.74 Å². The van der Waals surface area contributed by atoms with Crippen molar-refractivity contribution in [3.8, 4) is 5.88 Å². The maximum Gasteiger partial charge on any atom is 0.574 e. The van der Waals surface area contributed by atoms with Crippen LogP contribution in [0.3, 0.4) is 0 Å². The Labute approximate surface area is 115 Å². The lowest BCUT2D eigenvalue weighted by atomic mass is 10.2. The molecule has 0 bridgehead atoms. The lowest BCUT2D eigenvalue weighted by Crippen LogP contribution is -2.18. The molecule has 2 nitrogen and oxygen atoms in total. The minimum absolute atomic E-state index is 0.115. The van der Waals surface area contributed by atoms with E-state index in [4.69, 9.17) is 0 Å². The van der Waals surface area contributed by atoms with Crippen LogP contribution in [-0.4, -0.2) is 11.3 Å². The van der Waals surface area contributed by atoms with Crippen LogP contribution in [-0.2, 0) is 5.33 Å². The minimum atomic E-state index is -4.96. The van der Waals surface area contributed by atoms with Crippen molar-refractivity contribution in [2.24, 2.45) is 0 Å². The van der Waals surface area contributed by atoms with E-state index in [1.54, 1.807) is 22.6 Å². The third-order valence-corrected chi connectivity index (χ3v) is 3.46. The Bertz CT molecular complexity index is 412. The molecular formula is C8H4BrF5INO. The van der Waals surface area contributed by atoms with Gasteiger partial charge in [0.25, 0.3) is 6.43 Å². The van der Waals surface area contributed by atoms with Crippen molar-refractivity contribution in [2.45, 2.75) is 18.1 Å². The highest BCUT2D eigenvalue weighted by Gasteiger charge is 2.32. The second-order valence-corrected chi connectivity index (χ2v) is 4.44. The fourth-order valence-electron chi connectivity index (χ4n) is 0.990. The summed E-state index contributed by atoms with van der Waals surface area (Å²) >= 11 is 4.59. The molecule has 9 heteroatoms. The zero-order valence-corrected chi connectivity index (χ0v) is 11.6. The van der Waals surface area contributed by atoms with Crippen molar-refractivity contribution in [3.63, 3.8) is 0 Å². The highest BCUT2D eigenvalue weighted by atomic mass is 127. The van der Waals surface area contributed by atoms with Gasteiger partial charge in [-0.2, -0.15) is 0 Å². The molecule has 0 N–H and O–H groups in total. The molecule has 0 unspecified atom stereocenters. The quantitative estimate of drug-likeness (QED) is 0.401. The Morgan fingerprint density at radius 1 is 1.41 bits per heavy atom. The van der Waals surface area contributed by atoms with E-state index in [2.05, 4.69) is 25.7 Å². The highest BCUT2D eigenvalue weighted by Crippen LogP contribution is 2.31. The van der Waals surface area contributed by atoms with Crippen molar-refractivity contribution < 1.29 is 26.7 Å². The zero-order valence-electron chi connectivity index (χ0n) is 7.86. The summed E-state index contributed by atoms with van der Waals surface area (Å²) in [6.07, 6.45) is -7.92. The number of rotatable bonds is 3. The van der Waals surface area contributed by atoms with E-state index in [-0.39, 0.29) is 14.5 Å². The Balaban J connectivity index is 3.21. The normalized spacial score (nSPS) is 12.0. The molecule has 0 aliphatic heterocycles. The van der Waals surface area contributed by atoms with Crippen molar-refractivity contribution in [3.05, 3.63) is 20.9 Å². The highest BCUT2D eigenvalue weighted by molar-refractivity contribution is 14.1. The van der Waals surface area contributed by atoms with Gasteiger partial charge >= 0.3 is 6.36 Å². The molecule has 0 spiro atoms. The predicted molar refractivity (Wildman–Crippen MR) is 61.2 cm³/mol. The summed E-state index contributed by atoms with van der Waals surface area (Å²) in [6, 6.07) is 0.968. The van der Waals surface area contributed by atoms with Crippen LogP contribution in [0.4, 0.5) is 22.0 Å². The van der Waals surface area contributed by atoms with Gasteiger partial charge in [-0.1, -0.05) is 15.9 Å². The van der Waals surface area contributed by atoms with Crippen molar-refractivity contribution in [2.75, 3.05) is 0 Å². The van der Waals surface area contributed by atoms with Crippen molar-refractivity contribution >= 4 is 38.5 Å². The van der Waals surface area contributed by atoms with Gasteiger partial charge in [0, 0.05) is 15.0 Å². The fourth-order valence-corrected chi connectivity index (χ4v) is 2.66. The molecule has 1 rings (SSSR count). The predicted octanol–water partition coefficient (Wildman–Crippen LogP) is 4.42. The van der Waals surface area contributed by atoms with E-state index in [1.165, 1.54) is 0 Å². The van der Waals surface area contributed by atoms with Crippen LogP contribution in [0.15, 0.2) is 6.07 Å². The molecule has 0 aliphatic carbocycles. The minimum Gasteiger partial charge on any atom is -0.388 e. The molecule has 0 saturated carbocycles. The first kappa shape index (κ1) is 14.9. The lowest BCUT2D eigenvalue weighted by Gasteiger charge is -2.12. The molecule has 0 fully saturated rings. The van der Waals surface area contributed by atoms with Crippen LogP contribution in [0, 0.1) is 3.57 Å². The molecule has 0 radical (unpaired) electrons. The monoisotopic (exact) mass is 431 g/mol. The molecule has 17 heavy (non-hydrogen) atoms. The zero-order chi connectivity index (χ0) is 13.2. The van der Waals surface area contributed by atoms with Crippen LogP contribution >= 0.6 is 38.5 Å². The molecule has 0 aliphatic rings. The number of nitrogens with zero attached hydrogens (tertiary/aromatic N) is 1. The Morgan fingerprint density at radius 3 is 2.41 bits per heavy atom. The summed E-state index contributed by atoms with van der Waals surface area (Å²) < 4.78 is 64.6. The summed E-state index contributed by atoms with van der Waals surface area (Å²) in [4.78, 5) is 3.15. The number of ether oxygens (including phenoxy) is 1. The molecule has 0 saturated heterocycles. The topological polar surface area (TPSA) is 22.1 Å². The fraction of sp³-hybridized carbons (Fsp3) is 0.375. The van der Waals surface area contributed by atoms with E-state index in [0.717, 1.165) is 6.07 Å². The number of alkyl halides is 6. The Kier molecular flexibility index (Phi) is 4.93. The van der Waals surface area contributed by atoms with Crippen molar-refractivity contribution in [1.82, 2.24) is 4.98 Å². The van der Waals surface area contributed by atoms with E-state index in [9.17, 15) is 22.0 Å². The average Bonchev–Trinajstić information content (AvgIpc) is 2.17. The molecule has 1 heterocycles. The summed E-state index contributed by atoms with van der Waals surface area (Å²) in [7, 11) is 0. The second-order valence-electron chi connectivity index (χ2n) is 2.80. The van der Waals surface area contributed by atoms with Gasteiger partial charge in [-0.25, -0.2) is 13.8 Å². The van der Waals surface area contributed by atoms with Crippen LogP contribution in [0.2, 0.25) is 0 Å². The van der Waals surface area contributed by atoms with E-state index in [0.29, 0.717) is 0 Å². The first-order valence-corrected chi connectivity index (χ1v) is 6.23. The van der Waals surface area contributed by atoms with Crippen LogP contribution in [0.1, 0.15) is 17.7 Å². The van der Waals surface area contributed by atoms with Gasteiger partial charge in [0.1, 0.15) is 5.69 Å². The molecule has 1 aromatic heterocycles. The molecule has 0 atom stereocenters. The molecule has 0 aromatic carbocycles. The average molecular weight is 432 g/mol. The van der Waals surface area contributed by atoms with E-state index >= 15 is 0 Å². The van der Waals surface area contributed by atoms with Crippen LogP contribution < -0.4 is 4.74 Å². The summed E-state index contributed by atoms with van der Waals surface area (Å²) in [6.45, 7) is 0. The van der Waals surface area contributed by atoms with E-state index in [1.807, 2.05) is 0 Å². The standard InChI is InChI=1S/C8H4BrF5INO/c9-2-3-1-4(17-8(12,13)14)16-6(5(3)15)7(10)11/h1,7H,2H2. The Morgan fingerprint density at radius 2 is 2.00 bits per heavy atom. The molecule has 1 aromatic rings. The summed E-state index contributed by atoms with van der Waals surface area (Å²) in [5.41, 5.74) is -0.461. The molecule has 96 valence electrons. The first-order valence-electron chi connectivity index (χ1n) is 4.03. The van der Waals surface area contributed by atoms with Gasteiger partial charge in [-0.15, -0.1) is 13.2 Å². The lowest BCUT2D eigenvalue weighted by molar-refractivity contribution is -0.276. The first-order chi connectivity index (χ1) is 7.74. The molecular weight excluding hydrogens is 428 g/mol. The summed E-state index contributed by atoms with van der Waals surface area (Å²) in [5, 5.41) is 0.127. The van der Waals surface area contributed by atoms with Crippen molar-refractivity contribution in [1.29, 1.82) is 0 Å². The number of hydrogen-bond acceptors (Lipinski definition) is 2. The maximum atomic E-state index is 12.5. The smallest absolute Gasteiger partial charge is 0.388 e. The number of pyridine rings is 1. The Hall–Kier alpha value is -0.190. The van der Waals surface area contributed by atoms with Crippen LogP contribution in [0.25, 0.3) is 0 Å². The van der Waals surface area contributed by atoms with Crippen LogP contribution in [0.5, 0.6) is 5.88 Å². The van der Waals surface area contributed by atoms with Gasteiger partial charge in [0.15, 0.2) is 0 Å². The van der Waals surface area contributed by atoms with Gasteiger partial charge in [-0.05, 0) is 28.2 Å². The number of hydrogen-bond donors (Lipinski definition) is 0. The largest absolute Gasteiger partial charge is 0.574 e. The van der Waals surface area contributed by atoms with Gasteiger partial charge in [0.2, 0.25) is 5.88 Å². The second kappa shape index (κ2) is 5.63. The maximum absolute atomic E-state index is 12.5. The van der Waals surface area contributed by atoms with Gasteiger partial charge in [0.05, 0.1) is 0 Å². The number of halogens is 7.